The summed E-state index contributed by atoms with van der Waals surface area (Å²) in [5.74, 6) is 0.773. The van der Waals surface area contributed by atoms with Crippen molar-refractivity contribution in [2.45, 2.75) is 59.4 Å². The van der Waals surface area contributed by atoms with Gasteiger partial charge in [-0.05, 0) is 37.5 Å². The molecule has 2 atom stereocenters. The minimum absolute atomic E-state index is 0.534. The largest absolute Gasteiger partial charge is 0.481 e. The Morgan fingerprint density at radius 2 is 1.94 bits per heavy atom. The molecule has 0 aromatic carbocycles. The fourth-order valence-corrected chi connectivity index (χ4v) is 2.78. The molecule has 0 aromatic rings. The lowest BCUT2D eigenvalue weighted by atomic mass is 9.72. The summed E-state index contributed by atoms with van der Waals surface area (Å²) < 4.78 is 0. The van der Waals surface area contributed by atoms with E-state index in [0.717, 1.165) is 5.92 Å². The van der Waals surface area contributed by atoms with Crippen LogP contribution >= 0.6 is 0 Å². The summed E-state index contributed by atoms with van der Waals surface area (Å²) in [5, 5.41) is 12.9. The topological polar surface area (TPSA) is 49.3 Å². The Labute approximate surface area is 105 Å². The highest BCUT2D eigenvalue weighted by atomic mass is 16.4. The summed E-state index contributed by atoms with van der Waals surface area (Å²) in [6.07, 6.45) is 3.88. The van der Waals surface area contributed by atoms with Crippen molar-refractivity contribution in [1.29, 1.82) is 0 Å². The molecule has 0 bridgehead atoms. The van der Waals surface area contributed by atoms with E-state index in [9.17, 15) is 9.90 Å². The third kappa shape index (κ3) is 3.01. The smallest absolute Gasteiger partial charge is 0.310 e. The predicted molar refractivity (Wildman–Crippen MR) is 70.0 cm³/mol. The first-order valence-corrected chi connectivity index (χ1v) is 6.93. The molecule has 1 rings (SSSR count). The zero-order valence-corrected chi connectivity index (χ0v) is 11.6. The molecule has 2 unspecified atom stereocenters. The normalized spacial score (nSPS) is 24.8. The first-order chi connectivity index (χ1) is 7.96. The van der Waals surface area contributed by atoms with Crippen LogP contribution in [-0.4, -0.2) is 23.7 Å². The van der Waals surface area contributed by atoms with Gasteiger partial charge in [-0.3, -0.25) is 4.79 Å². The van der Waals surface area contributed by atoms with E-state index in [0.29, 0.717) is 31.3 Å². The fourth-order valence-electron chi connectivity index (χ4n) is 2.78. The van der Waals surface area contributed by atoms with Crippen molar-refractivity contribution in [2.24, 2.45) is 17.3 Å². The van der Waals surface area contributed by atoms with Gasteiger partial charge in [-0.15, -0.1) is 0 Å². The number of carboxylic acids is 1. The van der Waals surface area contributed by atoms with E-state index in [-0.39, 0.29) is 0 Å². The number of carboxylic acid groups (broad SMARTS) is 1. The summed E-state index contributed by atoms with van der Waals surface area (Å²) in [4.78, 5) is 11.4. The van der Waals surface area contributed by atoms with Gasteiger partial charge in [-0.25, -0.2) is 0 Å². The monoisotopic (exact) mass is 241 g/mol. The van der Waals surface area contributed by atoms with Gasteiger partial charge in [0.1, 0.15) is 0 Å². The predicted octanol–water partition coefficient (Wildman–Crippen LogP) is 2.90. The molecule has 100 valence electrons. The molecular formula is C14H27NO2. The summed E-state index contributed by atoms with van der Waals surface area (Å²) in [7, 11) is 0. The number of aliphatic carboxylic acids is 1. The van der Waals surface area contributed by atoms with Crippen LogP contribution in [0.1, 0.15) is 53.4 Å². The molecule has 1 aliphatic rings. The average Bonchev–Trinajstić information content (AvgIpc) is 2.21. The van der Waals surface area contributed by atoms with E-state index in [1.165, 1.54) is 12.8 Å². The lowest BCUT2D eigenvalue weighted by molar-refractivity contribution is -0.149. The second-order valence-electron chi connectivity index (χ2n) is 5.77. The van der Waals surface area contributed by atoms with Gasteiger partial charge in [0.05, 0.1) is 5.41 Å². The van der Waals surface area contributed by atoms with Crippen molar-refractivity contribution in [3.05, 3.63) is 0 Å². The van der Waals surface area contributed by atoms with Gasteiger partial charge in [0.25, 0.3) is 0 Å². The molecule has 0 amide bonds. The summed E-state index contributed by atoms with van der Waals surface area (Å²) in [6, 6.07) is 0.534. The molecule has 3 heteroatoms. The summed E-state index contributed by atoms with van der Waals surface area (Å²) in [6.45, 7) is 9.06. The van der Waals surface area contributed by atoms with E-state index in [1.54, 1.807) is 0 Å². The van der Waals surface area contributed by atoms with Crippen LogP contribution in [0.5, 0.6) is 0 Å². The Hall–Kier alpha value is -0.570. The SMILES string of the molecule is CCC(CC)(CNC1CCC1C(C)C)C(=O)O. The van der Waals surface area contributed by atoms with Gasteiger partial charge in [-0.1, -0.05) is 27.7 Å². The second kappa shape index (κ2) is 5.85. The van der Waals surface area contributed by atoms with Crippen LogP contribution in [0.3, 0.4) is 0 Å². The Morgan fingerprint density at radius 1 is 1.35 bits per heavy atom. The second-order valence-corrected chi connectivity index (χ2v) is 5.77. The van der Waals surface area contributed by atoms with E-state index < -0.39 is 11.4 Å². The number of rotatable bonds is 7. The van der Waals surface area contributed by atoms with Gasteiger partial charge in [0.2, 0.25) is 0 Å². The zero-order valence-electron chi connectivity index (χ0n) is 11.6. The van der Waals surface area contributed by atoms with Gasteiger partial charge < -0.3 is 10.4 Å². The van der Waals surface area contributed by atoms with Crippen LogP contribution < -0.4 is 5.32 Å². The molecule has 0 aliphatic heterocycles. The maximum atomic E-state index is 11.4. The van der Waals surface area contributed by atoms with Crippen molar-refractivity contribution in [2.75, 3.05) is 6.54 Å². The van der Waals surface area contributed by atoms with Gasteiger partial charge in [0.15, 0.2) is 0 Å². The Morgan fingerprint density at radius 3 is 2.24 bits per heavy atom. The van der Waals surface area contributed by atoms with Crippen molar-refractivity contribution in [3.63, 3.8) is 0 Å². The van der Waals surface area contributed by atoms with E-state index in [4.69, 9.17) is 0 Å². The van der Waals surface area contributed by atoms with Crippen molar-refractivity contribution in [1.82, 2.24) is 5.32 Å². The lowest BCUT2D eigenvalue weighted by Crippen LogP contribution is -2.51. The van der Waals surface area contributed by atoms with Gasteiger partial charge in [-0.2, -0.15) is 0 Å². The first kappa shape index (κ1) is 14.5. The first-order valence-electron chi connectivity index (χ1n) is 6.93. The molecule has 1 aliphatic carbocycles. The molecule has 0 radical (unpaired) electrons. The molecule has 0 spiro atoms. The molecule has 2 N–H and O–H groups in total. The zero-order chi connectivity index (χ0) is 13.1. The van der Waals surface area contributed by atoms with Crippen LogP contribution in [0, 0.1) is 17.3 Å². The van der Waals surface area contributed by atoms with Crippen molar-refractivity contribution >= 4 is 5.97 Å². The maximum Gasteiger partial charge on any atom is 0.310 e. The fraction of sp³-hybridized carbons (Fsp3) is 0.929. The van der Waals surface area contributed by atoms with E-state index in [2.05, 4.69) is 19.2 Å². The highest BCUT2D eigenvalue weighted by Crippen LogP contribution is 2.35. The highest BCUT2D eigenvalue weighted by molar-refractivity contribution is 5.74. The molecule has 1 fully saturated rings. The maximum absolute atomic E-state index is 11.4. The van der Waals surface area contributed by atoms with Crippen LogP contribution in [0.15, 0.2) is 0 Å². The molecule has 1 saturated carbocycles. The third-order valence-electron chi connectivity index (χ3n) is 4.69. The van der Waals surface area contributed by atoms with Crippen molar-refractivity contribution in [3.8, 4) is 0 Å². The molecule has 3 nitrogen and oxygen atoms in total. The number of hydrogen-bond donors (Lipinski definition) is 2. The van der Waals surface area contributed by atoms with E-state index in [1.807, 2.05) is 13.8 Å². The molecule has 0 saturated heterocycles. The minimum atomic E-state index is -0.657. The third-order valence-corrected chi connectivity index (χ3v) is 4.69. The van der Waals surface area contributed by atoms with Crippen molar-refractivity contribution < 1.29 is 9.90 Å². The average molecular weight is 241 g/mol. The molecule has 0 heterocycles. The van der Waals surface area contributed by atoms with Gasteiger partial charge >= 0.3 is 5.97 Å². The van der Waals surface area contributed by atoms with Crippen LogP contribution in [0.25, 0.3) is 0 Å². The van der Waals surface area contributed by atoms with Crippen LogP contribution in [0.2, 0.25) is 0 Å². The van der Waals surface area contributed by atoms with Crippen LogP contribution in [-0.2, 0) is 4.79 Å². The number of nitrogens with one attached hydrogen (secondary N) is 1. The summed E-state index contributed by atoms with van der Waals surface area (Å²) in [5.41, 5.74) is -0.572. The van der Waals surface area contributed by atoms with Crippen LogP contribution in [0.4, 0.5) is 0 Å². The van der Waals surface area contributed by atoms with Gasteiger partial charge in [0, 0.05) is 12.6 Å². The summed E-state index contributed by atoms with van der Waals surface area (Å²) >= 11 is 0. The Bertz CT molecular complexity index is 259. The number of hydrogen-bond acceptors (Lipinski definition) is 2. The molecular weight excluding hydrogens is 214 g/mol. The molecule has 17 heavy (non-hydrogen) atoms. The minimum Gasteiger partial charge on any atom is -0.481 e. The molecule has 0 aromatic heterocycles. The Kier molecular flexibility index (Phi) is 4.99. The highest BCUT2D eigenvalue weighted by Gasteiger charge is 2.38. The number of carbonyl (C=O) groups is 1. The standard InChI is InChI=1S/C14H27NO2/c1-5-14(6-2,13(16)17)9-15-12-8-7-11(12)10(3)4/h10-12,15H,5-9H2,1-4H3,(H,16,17). The lowest BCUT2D eigenvalue weighted by Gasteiger charge is -2.42. The van der Waals surface area contributed by atoms with E-state index >= 15 is 0 Å². The quantitative estimate of drug-likeness (QED) is 0.720. The Balaban J connectivity index is 2.50.